The highest BCUT2D eigenvalue weighted by molar-refractivity contribution is 5.89. The molecule has 4 aliphatic carbocycles. The maximum atomic E-state index is 13.7. The summed E-state index contributed by atoms with van der Waals surface area (Å²) in [6.45, 7) is 11.1. The number of carbonyl (C=O) groups is 2. The Labute approximate surface area is 383 Å². The van der Waals surface area contributed by atoms with Crippen LogP contribution in [0, 0.1) is 28.6 Å². The predicted molar refractivity (Wildman–Crippen MR) is 231 cm³/mol. The first-order valence-electron chi connectivity index (χ1n) is 23.9. The highest BCUT2D eigenvalue weighted by Gasteiger charge is 2.78. The van der Waals surface area contributed by atoms with E-state index in [2.05, 4.69) is 6.92 Å². The van der Waals surface area contributed by atoms with E-state index in [1.165, 1.54) is 14.0 Å². The molecule has 3 saturated heterocycles. The number of rotatable bonds is 12. The number of benzene rings is 1. The van der Waals surface area contributed by atoms with Crippen molar-refractivity contribution in [1.29, 1.82) is 0 Å². The number of methoxy groups -OCH3 is 3. The lowest BCUT2D eigenvalue weighted by atomic mass is 9.40. The summed E-state index contributed by atoms with van der Waals surface area (Å²) >= 11 is 0. The van der Waals surface area contributed by atoms with Gasteiger partial charge < -0.3 is 67.8 Å². The molecule has 1 aromatic carbocycles. The first-order valence-corrected chi connectivity index (χ1v) is 23.9. The van der Waals surface area contributed by atoms with E-state index in [4.69, 9.17) is 47.4 Å². The van der Waals surface area contributed by atoms with Gasteiger partial charge in [0.1, 0.15) is 48.0 Å². The van der Waals surface area contributed by atoms with Crippen LogP contribution in [0.2, 0.25) is 0 Å². The molecule has 3 aliphatic heterocycles. The number of hydrogen-bond acceptors (Lipinski definition) is 16. The SMILES string of the molecule is COC1CC(O[C@H]2CC[C@@]3(C)[C@@H](CC[C@]4(O)[C@@H]3C[C@@H](OC(=O)c3ccccc3)[C@]3(C)[C@@H](C(C)=O)CC[C@@]34O)C2)OC(C)C1OC1CC(OC)C(OC2OC(C)C(O)C(OC)C2O)C(C)O1. The Bertz CT molecular complexity index is 1820. The van der Waals surface area contributed by atoms with Gasteiger partial charge in [-0.05, 0) is 108 Å². The molecule has 65 heavy (non-hydrogen) atoms. The largest absolute Gasteiger partial charge is 0.458 e. The van der Waals surface area contributed by atoms with E-state index in [9.17, 15) is 30.0 Å². The molecular formula is C49H74O16. The number of ether oxygens (including phenoxy) is 10. The zero-order chi connectivity index (χ0) is 46.8. The fourth-order valence-corrected chi connectivity index (χ4v) is 13.9. The van der Waals surface area contributed by atoms with Crippen LogP contribution in [0.1, 0.15) is 116 Å². The van der Waals surface area contributed by atoms with Crippen LogP contribution in [0.3, 0.4) is 0 Å². The molecule has 0 radical (unpaired) electrons. The van der Waals surface area contributed by atoms with Gasteiger partial charge in [0.15, 0.2) is 18.9 Å². The van der Waals surface area contributed by atoms with E-state index in [-0.39, 0.29) is 36.2 Å². The van der Waals surface area contributed by atoms with Crippen molar-refractivity contribution in [2.75, 3.05) is 21.3 Å². The topological polar surface area (TPSA) is 207 Å². The van der Waals surface area contributed by atoms with Gasteiger partial charge in [0.2, 0.25) is 0 Å². The van der Waals surface area contributed by atoms with E-state index in [0.29, 0.717) is 50.5 Å². The summed E-state index contributed by atoms with van der Waals surface area (Å²) in [5.41, 5.74) is -4.26. The van der Waals surface area contributed by atoms with Crippen LogP contribution in [0.5, 0.6) is 0 Å². The molecule has 0 spiro atoms. The Hall–Kier alpha value is -2.16. The fourth-order valence-electron chi connectivity index (χ4n) is 13.9. The van der Waals surface area contributed by atoms with Crippen LogP contribution in [0.4, 0.5) is 0 Å². The van der Waals surface area contributed by atoms with Gasteiger partial charge in [-0.15, -0.1) is 0 Å². The van der Waals surface area contributed by atoms with Crippen LogP contribution >= 0.6 is 0 Å². The number of Topliss-reactive ketones (excluding diaryl/α,β-unsaturated/α-hetero) is 1. The molecule has 366 valence electrons. The van der Waals surface area contributed by atoms with Gasteiger partial charge in [-0.25, -0.2) is 4.79 Å². The lowest BCUT2D eigenvalue weighted by Crippen LogP contribution is -2.76. The maximum absolute atomic E-state index is 13.7. The van der Waals surface area contributed by atoms with Gasteiger partial charge in [0.25, 0.3) is 0 Å². The molecular weight excluding hydrogens is 845 g/mol. The Morgan fingerprint density at radius 1 is 0.692 bits per heavy atom. The summed E-state index contributed by atoms with van der Waals surface area (Å²) in [4.78, 5) is 26.9. The summed E-state index contributed by atoms with van der Waals surface area (Å²) in [5, 5.41) is 47.2. The monoisotopic (exact) mass is 918 g/mol. The predicted octanol–water partition coefficient (Wildman–Crippen LogP) is 4.24. The number of hydrogen-bond donors (Lipinski definition) is 4. The second-order valence-corrected chi connectivity index (χ2v) is 20.7. The molecule has 8 rings (SSSR count). The van der Waals surface area contributed by atoms with Gasteiger partial charge in [-0.2, -0.15) is 0 Å². The summed E-state index contributed by atoms with van der Waals surface area (Å²) in [6.07, 6.45) is -4.89. The van der Waals surface area contributed by atoms with Gasteiger partial charge in [-0.3, -0.25) is 4.79 Å². The third-order valence-electron chi connectivity index (χ3n) is 17.6. The molecule has 4 saturated carbocycles. The molecule has 4 N–H and O–H groups in total. The summed E-state index contributed by atoms with van der Waals surface area (Å²) in [7, 11) is 4.65. The molecule has 7 aliphatic rings. The average Bonchev–Trinajstić information content (AvgIpc) is 3.58. The van der Waals surface area contributed by atoms with Gasteiger partial charge in [0, 0.05) is 45.5 Å². The molecule has 13 unspecified atom stereocenters. The summed E-state index contributed by atoms with van der Waals surface area (Å²) in [6, 6.07) is 8.79. The average molecular weight is 919 g/mol. The minimum Gasteiger partial charge on any atom is -0.458 e. The third-order valence-corrected chi connectivity index (χ3v) is 17.6. The Morgan fingerprint density at radius 2 is 1.32 bits per heavy atom. The first-order chi connectivity index (χ1) is 30.8. The van der Waals surface area contributed by atoms with Crippen molar-refractivity contribution >= 4 is 11.8 Å². The summed E-state index contributed by atoms with van der Waals surface area (Å²) < 4.78 is 61.9. The normalized spacial score (nSPS) is 49.9. The lowest BCUT2D eigenvalue weighted by Gasteiger charge is -2.68. The van der Waals surface area contributed by atoms with Crippen molar-refractivity contribution in [3.8, 4) is 0 Å². The van der Waals surface area contributed by atoms with E-state index in [0.717, 1.165) is 12.8 Å². The standard InChI is InChI=1S/C49H74O16/c1-25(50)32-17-20-49(55)47(32,6)36(63-44(53)29-13-11-10-12-14-29)24-35-46(5)18-16-31(21-30(46)15-19-48(35,49)54)62-37-22-33(56-7)41(27(3)59-37)64-38-23-34(57-8)42(28(4)60-38)65-45-40(52)43(58-9)39(51)26(2)61-45/h10-14,26-28,30-43,45,51-52,54-55H,15-24H2,1-9H3/t26?,27?,28?,30-,31-,32+,33?,34?,35+,36+,37?,38?,39?,40?,41?,42?,43?,45?,46-,47-,48-,49+/m0/s1. The van der Waals surface area contributed by atoms with Gasteiger partial charge in [-0.1, -0.05) is 32.0 Å². The second kappa shape index (κ2) is 19.0. The molecule has 7 fully saturated rings. The quantitative estimate of drug-likeness (QED) is 0.171. The van der Waals surface area contributed by atoms with E-state index in [1.54, 1.807) is 45.4 Å². The molecule has 1 aromatic rings. The van der Waals surface area contributed by atoms with Crippen LogP contribution < -0.4 is 0 Å². The van der Waals surface area contributed by atoms with E-state index < -0.39 is 114 Å². The van der Waals surface area contributed by atoms with Crippen molar-refractivity contribution in [1.82, 2.24) is 0 Å². The van der Waals surface area contributed by atoms with E-state index >= 15 is 0 Å². The van der Waals surface area contributed by atoms with Crippen LogP contribution in [0.25, 0.3) is 0 Å². The summed E-state index contributed by atoms with van der Waals surface area (Å²) in [5.74, 6) is -1.36. The number of carbonyl (C=O) groups excluding carboxylic acids is 2. The van der Waals surface area contributed by atoms with Gasteiger partial charge in [0.05, 0.1) is 47.8 Å². The number of fused-ring (bicyclic) bond motifs is 5. The van der Waals surface area contributed by atoms with Crippen LogP contribution in [-0.2, 0) is 52.2 Å². The highest BCUT2D eigenvalue weighted by atomic mass is 16.8. The Kier molecular flexibility index (Phi) is 14.4. The zero-order valence-corrected chi connectivity index (χ0v) is 39.5. The minimum absolute atomic E-state index is 0.0700. The minimum atomic E-state index is -1.63. The third kappa shape index (κ3) is 8.45. The molecule has 3 heterocycles. The van der Waals surface area contributed by atoms with Crippen molar-refractivity contribution in [2.45, 2.75) is 209 Å². The Balaban J connectivity index is 0.904. The molecule has 22 atom stereocenters. The smallest absolute Gasteiger partial charge is 0.338 e. The van der Waals surface area contributed by atoms with Crippen molar-refractivity contribution in [3.05, 3.63) is 35.9 Å². The van der Waals surface area contributed by atoms with Crippen LogP contribution in [-0.4, -0.2) is 157 Å². The zero-order valence-electron chi connectivity index (χ0n) is 39.5. The van der Waals surface area contributed by atoms with Crippen molar-refractivity contribution < 1.29 is 77.4 Å². The molecule has 16 nitrogen and oxygen atoms in total. The van der Waals surface area contributed by atoms with Crippen molar-refractivity contribution in [3.63, 3.8) is 0 Å². The van der Waals surface area contributed by atoms with Crippen LogP contribution in [0.15, 0.2) is 30.3 Å². The number of aliphatic hydroxyl groups excluding tert-OH is 2. The first kappa shape index (κ1) is 49.3. The lowest BCUT2D eigenvalue weighted by molar-refractivity contribution is -0.352. The van der Waals surface area contributed by atoms with E-state index in [1.807, 2.05) is 26.8 Å². The number of esters is 1. The second-order valence-electron chi connectivity index (χ2n) is 20.7. The fraction of sp³-hybridized carbons (Fsp3) is 0.837. The molecule has 16 heteroatoms. The maximum Gasteiger partial charge on any atom is 0.338 e. The highest BCUT2D eigenvalue weighted by Crippen LogP contribution is 2.71. The van der Waals surface area contributed by atoms with Gasteiger partial charge >= 0.3 is 5.97 Å². The molecule has 0 aromatic heterocycles. The van der Waals surface area contributed by atoms with Crippen molar-refractivity contribution in [2.24, 2.45) is 28.6 Å². The molecule has 0 amide bonds. The molecule has 0 bridgehead atoms. The Morgan fingerprint density at radius 3 is 1.94 bits per heavy atom. The number of ketones is 1. The number of aliphatic hydroxyl groups is 4.